The third-order valence-corrected chi connectivity index (χ3v) is 3.19. The van der Waals surface area contributed by atoms with Gasteiger partial charge in [0.2, 0.25) is 5.82 Å². The van der Waals surface area contributed by atoms with Gasteiger partial charge in [-0.05, 0) is 0 Å². The van der Waals surface area contributed by atoms with Crippen molar-refractivity contribution < 1.29 is 4.39 Å². The van der Waals surface area contributed by atoms with Gasteiger partial charge < -0.3 is 16.4 Å². The first-order chi connectivity index (χ1) is 7.18. The number of nitrogens with two attached hydrogens (primary N) is 2. The van der Waals surface area contributed by atoms with Crippen LogP contribution in [0.4, 0.5) is 16.0 Å². The third-order valence-electron chi connectivity index (χ3n) is 2.19. The van der Waals surface area contributed by atoms with Crippen molar-refractivity contribution in [2.45, 2.75) is 5.37 Å². The molecule has 0 aliphatic carbocycles. The van der Waals surface area contributed by atoms with Crippen LogP contribution < -0.4 is 16.4 Å². The minimum Gasteiger partial charge on any atom is -0.381 e. The predicted octanol–water partition coefficient (Wildman–Crippen LogP) is 0.0359. The zero-order chi connectivity index (χ0) is 10.8. The number of rotatable bonds is 1. The van der Waals surface area contributed by atoms with E-state index in [-0.39, 0.29) is 17.0 Å². The summed E-state index contributed by atoms with van der Waals surface area (Å²) < 4.78 is 13.6. The molecule has 1 aromatic heterocycles. The second-order valence-electron chi connectivity index (χ2n) is 3.25. The van der Waals surface area contributed by atoms with E-state index in [9.17, 15) is 4.39 Å². The zero-order valence-electron chi connectivity index (χ0n) is 8.06. The van der Waals surface area contributed by atoms with E-state index >= 15 is 0 Å². The van der Waals surface area contributed by atoms with Crippen LogP contribution in [0.15, 0.2) is 6.33 Å². The van der Waals surface area contributed by atoms with Crippen LogP contribution in [0.5, 0.6) is 0 Å². The van der Waals surface area contributed by atoms with E-state index in [1.165, 1.54) is 6.33 Å². The Balaban J connectivity index is 2.24. The molecule has 0 spiro atoms. The molecule has 0 bridgehead atoms. The van der Waals surface area contributed by atoms with E-state index in [1.807, 2.05) is 0 Å². The van der Waals surface area contributed by atoms with Gasteiger partial charge in [0.25, 0.3) is 0 Å². The molecule has 0 aromatic carbocycles. The molecule has 0 saturated carbocycles. The van der Waals surface area contributed by atoms with Gasteiger partial charge in [-0.25, -0.2) is 9.97 Å². The molecule has 15 heavy (non-hydrogen) atoms. The van der Waals surface area contributed by atoms with E-state index in [4.69, 9.17) is 11.5 Å². The highest BCUT2D eigenvalue weighted by Crippen LogP contribution is 2.23. The third kappa shape index (κ3) is 2.13. The fourth-order valence-corrected chi connectivity index (χ4v) is 2.38. The number of thioether (sulfide) groups is 1. The molecule has 1 atom stereocenters. The van der Waals surface area contributed by atoms with Crippen molar-refractivity contribution in [1.82, 2.24) is 9.97 Å². The van der Waals surface area contributed by atoms with Gasteiger partial charge in [-0.3, -0.25) is 0 Å². The Kier molecular flexibility index (Phi) is 2.92. The summed E-state index contributed by atoms with van der Waals surface area (Å²) in [5.74, 6) is 0.437. The number of anilines is 2. The van der Waals surface area contributed by atoms with Crippen LogP contribution in [0.1, 0.15) is 0 Å². The average Bonchev–Trinajstić information content (AvgIpc) is 2.22. The summed E-state index contributed by atoms with van der Waals surface area (Å²) in [6.07, 6.45) is 1.26. The van der Waals surface area contributed by atoms with Crippen molar-refractivity contribution >= 4 is 23.4 Å². The van der Waals surface area contributed by atoms with Crippen molar-refractivity contribution in [3.8, 4) is 0 Å². The monoisotopic (exact) mass is 229 g/mol. The van der Waals surface area contributed by atoms with Gasteiger partial charge in [0, 0.05) is 18.8 Å². The molecule has 1 aliphatic heterocycles. The zero-order valence-corrected chi connectivity index (χ0v) is 8.88. The number of hydrogen-bond donors (Lipinski definition) is 2. The van der Waals surface area contributed by atoms with Crippen molar-refractivity contribution in [3.05, 3.63) is 12.1 Å². The van der Waals surface area contributed by atoms with Crippen LogP contribution in [0.2, 0.25) is 0 Å². The quantitative estimate of drug-likeness (QED) is 0.707. The molecule has 2 heterocycles. The smallest absolute Gasteiger partial charge is 0.207 e. The summed E-state index contributed by atoms with van der Waals surface area (Å²) in [6, 6.07) is 0. The Hall–Kier alpha value is -1.08. The fourth-order valence-electron chi connectivity index (χ4n) is 1.46. The molecule has 0 radical (unpaired) electrons. The average molecular weight is 229 g/mol. The minimum absolute atomic E-state index is 0.00524. The molecule has 1 fully saturated rings. The fraction of sp³-hybridized carbons (Fsp3) is 0.500. The molecule has 4 N–H and O–H groups in total. The van der Waals surface area contributed by atoms with E-state index < -0.39 is 5.82 Å². The summed E-state index contributed by atoms with van der Waals surface area (Å²) >= 11 is 1.67. The maximum Gasteiger partial charge on any atom is 0.207 e. The summed E-state index contributed by atoms with van der Waals surface area (Å²) in [6.45, 7) is 1.31. The van der Waals surface area contributed by atoms with Gasteiger partial charge in [0.1, 0.15) is 6.33 Å². The topological polar surface area (TPSA) is 81.1 Å². The van der Waals surface area contributed by atoms with E-state index in [1.54, 1.807) is 16.7 Å². The van der Waals surface area contributed by atoms with Crippen LogP contribution in [-0.4, -0.2) is 34.2 Å². The summed E-state index contributed by atoms with van der Waals surface area (Å²) in [4.78, 5) is 9.27. The molecule has 82 valence electrons. The van der Waals surface area contributed by atoms with E-state index in [2.05, 4.69) is 9.97 Å². The second kappa shape index (κ2) is 4.19. The van der Waals surface area contributed by atoms with Crippen molar-refractivity contribution in [2.24, 2.45) is 5.73 Å². The molecule has 7 heteroatoms. The Bertz CT molecular complexity index is 361. The van der Waals surface area contributed by atoms with Crippen LogP contribution in [0.25, 0.3) is 0 Å². The van der Waals surface area contributed by atoms with Gasteiger partial charge >= 0.3 is 0 Å². The molecule has 2 rings (SSSR count). The SMILES string of the molecule is Nc1ncnc(N2CCSC(N)C2)c1F. The maximum absolute atomic E-state index is 13.6. The van der Waals surface area contributed by atoms with Crippen molar-refractivity contribution in [2.75, 3.05) is 29.5 Å². The molecule has 5 nitrogen and oxygen atoms in total. The molecular formula is C8H12FN5S. The summed E-state index contributed by atoms with van der Waals surface area (Å²) in [5, 5.41) is -0.00524. The first kappa shape index (κ1) is 10.4. The maximum atomic E-state index is 13.6. The molecule has 1 aromatic rings. The molecule has 0 amide bonds. The lowest BCUT2D eigenvalue weighted by Crippen LogP contribution is -2.42. The first-order valence-corrected chi connectivity index (χ1v) is 5.61. The lowest BCUT2D eigenvalue weighted by Gasteiger charge is -2.31. The Morgan fingerprint density at radius 2 is 2.33 bits per heavy atom. The first-order valence-electron chi connectivity index (χ1n) is 4.56. The highest BCUT2D eigenvalue weighted by molar-refractivity contribution is 7.99. The van der Waals surface area contributed by atoms with Gasteiger partial charge in [-0.1, -0.05) is 0 Å². The standard InChI is InChI=1S/C8H12FN5S/c9-6-7(11)12-4-13-8(6)14-1-2-15-5(10)3-14/h4-5H,1-3,10H2,(H2,11,12,13). The summed E-state index contributed by atoms with van der Waals surface area (Å²) in [5.41, 5.74) is 11.1. The molecular weight excluding hydrogens is 217 g/mol. The van der Waals surface area contributed by atoms with Crippen LogP contribution in [-0.2, 0) is 0 Å². The predicted molar refractivity (Wildman–Crippen MR) is 59.0 cm³/mol. The van der Waals surface area contributed by atoms with Gasteiger partial charge in [-0.15, -0.1) is 11.8 Å². The highest BCUT2D eigenvalue weighted by Gasteiger charge is 2.22. The Morgan fingerprint density at radius 1 is 1.53 bits per heavy atom. The minimum atomic E-state index is -0.559. The largest absolute Gasteiger partial charge is 0.381 e. The van der Waals surface area contributed by atoms with Crippen LogP contribution >= 0.6 is 11.8 Å². The highest BCUT2D eigenvalue weighted by atomic mass is 32.2. The van der Waals surface area contributed by atoms with Crippen molar-refractivity contribution in [3.63, 3.8) is 0 Å². The van der Waals surface area contributed by atoms with Gasteiger partial charge in [0.05, 0.1) is 5.37 Å². The van der Waals surface area contributed by atoms with E-state index in [0.717, 1.165) is 12.3 Å². The Morgan fingerprint density at radius 3 is 3.07 bits per heavy atom. The van der Waals surface area contributed by atoms with Gasteiger partial charge in [-0.2, -0.15) is 4.39 Å². The number of nitrogens with zero attached hydrogens (tertiary/aromatic N) is 3. The number of hydrogen-bond acceptors (Lipinski definition) is 6. The second-order valence-corrected chi connectivity index (χ2v) is 4.60. The normalized spacial score (nSPS) is 21.7. The van der Waals surface area contributed by atoms with E-state index in [0.29, 0.717) is 6.54 Å². The van der Waals surface area contributed by atoms with Crippen LogP contribution in [0.3, 0.4) is 0 Å². The lowest BCUT2D eigenvalue weighted by atomic mass is 10.4. The van der Waals surface area contributed by atoms with Gasteiger partial charge in [0.15, 0.2) is 11.6 Å². The number of nitrogen functional groups attached to an aromatic ring is 1. The summed E-state index contributed by atoms with van der Waals surface area (Å²) in [7, 11) is 0. The molecule has 1 aliphatic rings. The lowest BCUT2D eigenvalue weighted by molar-refractivity contribution is 0.605. The van der Waals surface area contributed by atoms with Crippen LogP contribution in [0, 0.1) is 5.82 Å². The molecule has 1 saturated heterocycles. The van der Waals surface area contributed by atoms with Crippen molar-refractivity contribution in [1.29, 1.82) is 0 Å². The number of aromatic nitrogens is 2. The Labute approximate surface area is 91.1 Å². The number of halogens is 1. The molecule has 1 unspecified atom stereocenters.